The fourth-order valence-corrected chi connectivity index (χ4v) is 5.06. The molecule has 1 saturated carbocycles. The van der Waals surface area contributed by atoms with Crippen molar-refractivity contribution in [2.45, 2.75) is 31.0 Å². The summed E-state index contributed by atoms with van der Waals surface area (Å²) < 4.78 is 33.1. The summed E-state index contributed by atoms with van der Waals surface area (Å²) in [6.07, 6.45) is 1.09. The summed E-state index contributed by atoms with van der Waals surface area (Å²) in [6, 6.07) is 17.0. The summed E-state index contributed by atoms with van der Waals surface area (Å²) in [4.78, 5) is 16.6. The normalized spacial score (nSPS) is 20.8. The van der Waals surface area contributed by atoms with E-state index in [2.05, 4.69) is 25.3 Å². The zero-order valence-electron chi connectivity index (χ0n) is 18.3. The zero-order chi connectivity index (χ0) is 23.9. The second kappa shape index (κ2) is 8.76. The third kappa shape index (κ3) is 4.26. The highest BCUT2D eigenvalue weighted by atomic mass is 32.2. The van der Waals surface area contributed by atoms with Crippen molar-refractivity contribution < 1.29 is 18.1 Å². The van der Waals surface area contributed by atoms with Gasteiger partial charge < -0.3 is 15.4 Å². The number of nitrogens with zero attached hydrogens (tertiary/aromatic N) is 4. The molecule has 4 N–H and O–H groups in total. The van der Waals surface area contributed by atoms with Gasteiger partial charge >= 0.3 is 10.3 Å². The minimum Gasteiger partial charge on any atom is -0.391 e. The molecule has 4 aromatic rings. The molecular weight excluding hydrogens is 456 g/mol. The molecule has 34 heavy (non-hydrogen) atoms. The Bertz CT molecular complexity index is 1430. The number of aromatic nitrogens is 4. The molecule has 176 valence electrons. The highest BCUT2D eigenvalue weighted by Gasteiger charge is 2.39. The second-order valence-electron chi connectivity index (χ2n) is 8.36. The number of hydrogen-bond acceptors (Lipinski definition) is 7. The Hall–Kier alpha value is -3.38. The van der Waals surface area contributed by atoms with Crippen LogP contribution in [0, 0.1) is 0 Å². The molecule has 1 aliphatic carbocycles. The van der Waals surface area contributed by atoms with Crippen molar-refractivity contribution in [3.8, 4) is 22.5 Å². The van der Waals surface area contributed by atoms with E-state index in [0.717, 1.165) is 21.0 Å². The van der Waals surface area contributed by atoms with Crippen LogP contribution in [0.5, 0.6) is 0 Å². The van der Waals surface area contributed by atoms with Crippen LogP contribution in [0.1, 0.15) is 12.8 Å². The van der Waals surface area contributed by atoms with Crippen molar-refractivity contribution >= 4 is 27.3 Å². The molecule has 11 heteroatoms. The Morgan fingerprint density at radius 2 is 1.74 bits per heavy atom. The van der Waals surface area contributed by atoms with Gasteiger partial charge in [0, 0.05) is 18.7 Å². The van der Waals surface area contributed by atoms with Crippen LogP contribution in [-0.4, -0.2) is 67.6 Å². The van der Waals surface area contributed by atoms with Crippen LogP contribution in [0.4, 0.5) is 5.82 Å². The van der Waals surface area contributed by atoms with Gasteiger partial charge in [0.05, 0.1) is 12.1 Å². The Morgan fingerprint density at radius 3 is 2.47 bits per heavy atom. The monoisotopic (exact) mass is 480 g/mol. The predicted octanol–water partition coefficient (Wildman–Crippen LogP) is 2.73. The van der Waals surface area contributed by atoms with E-state index in [4.69, 9.17) is 0 Å². The number of imidazole rings is 1. The average molecular weight is 481 g/mol. The van der Waals surface area contributed by atoms with Crippen molar-refractivity contribution in [3.63, 3.8) is 0 Å². The molecule has 3 atom stereocenters. The fourth-order valence-electron chi connectivity index (χ4n) is 4.49. The molecule has 1 fully saturated rings. The molecule has 0 saturated heterocycles. The van der Waals surface area contributed by atoms with E-state index in [1.165, 1.54) is 13.4 Å². The SMILES string of the molecule is CN([C@H]1C[C@@H](Nc2ncnc3nc(-c4ccccc4-c4ccccc4)[nH]c23)C[C@@H]1O)S(=O)(=O)O. The quantitative estimate of drug-likeness (QED) is 0.308. The summed E-state index contributed by atoms with van der Waals surface area (Å²) in [6.45, 7) is 0. The third-order valence-corrected chi connectivity index (χ3v) is 7.22. The molecule has 0 bridgehead atoms. The van der Waals surface area contributed by atoms with E-state index < -0.39 is 22.4 Å². The molecule has 2 aromatic heterocycles. The van der Waals surface area contributed by atoms with Gasteiger partial charge in [0.1, 0.15) is 17.7 Å². The maximum absolute atomic E-state index is 11.5. The Labute approximate surface area is 196 Å². The van der Waals surface area contributed by atoms with E-state index in [9.17, 15) is 18.1 Å². The predicted molar refractivity (Wildman–Crippen MR) is 128 cm³/mol. The van der Waals surface area contributed by atoms with Crippen molar-refractivity contribution in [2.75, 3.05) is 12.4 Å². The number of likely N-dealkylation sites (N-methyl/N-ethyl adjacent to an activating group) is 1. The van der Waals surface area contributed by atoms with E-state index >= 15 is 0 Å². The zero-order valence-corrected chi connectivity index (χ0v) is 19.1. The molecule has 10 nitrogen and oxygen atoms in total. The largest absolute Gasteiger partial charge is 0.391 e. The number of rotatable bonds is 6. The highest BCUT2D eigenvalue weighted by molar-refractivity contribution is 7.83. The number of anilines is 1. The lowest BCUT2D eigenvalue weighted by atomic mass is 9.99. The lowest BCUT2D eigenvalue weighted by molar-refractivity contribution is 0.118. The molecular formula is C23H24N6O4S. The number of aliphatic hydroxyl groups is 1. The lowest BCUT2D eigenvalue weighted by Crippen LogP contribution is -2.41. The van der Waals surface area contributed by atoms with Gasteiger partial charge in [-0.3, -0.25) is 4.55 Å². The van der Waals surface area contributed by atoms with Gasteiger partial charge in [-0.25, -0.2) is 15.0 Å². The number of aromatic amines is 1. The van der Waals surface area contributed by atoms with Gasteiger partial charge in [-0.15, -0.1) is 0 Å². The Morgan fingerprint density at radius 1 is 1.03 bits per heavy atom. The molecule has 1 aliphatic rings. The first-order valence-electron chi connectivity index (χ1n) is 10.8. The molecule has 0 spiro atoms. The van der Waals surface area contributed by atoms with Crippen molar-refractivity contribution in [1.29, 1.82) is 0 Å². The van der Waals surface area contributed by atoms with Crippen LogP contribution in [0.2, 0.25) is 0 Å². The van der Waals surface area contributed by atoms with Gasteiger partial charge in [0.2, 0.25) is 0 Å². The van der Waals surface area contributed by atoms with E-state index in [1.807, 2.05) is 54.6 Å². The van der Waals surface area contributed by atoms with Gasteiger partial charge in [0.25, 0.3) is 0 Å². The fraction of sp³-hybridized carbons (Fsp3) is 0.261. The first-order chi connectivity index (χ1) is 16.3. The maximum atomic E-state index is 11.5. The lowest BCUT2D eigenvalue weighted by Gasteiger charge is -2.23. The van der Waals surface area contributed by atoms with Gasteiger partial charge in [-0.2, -0.15) is 12.7 Å². The second-order valence-corrected chi connectivity index (χ2v) is 9.83. The first-order valence-corrected chi connectivity index (χ1v) is 12.2. The van der Waals surface area contributed by atoms with Gasteiger partial charge in [-0.1, -0.05) is 54.6 Å². The maximum Gasteiger partial charge on any atom is 0.335 e. The van der Waals surface area contributed by atoms with Crippen LogP contribution < -0.4 is 5.32 Å². The van der Waals surface area contributed by atoms with Crippen LogP contribution in [-0.2, 0) is 10.3 Å². The van der Waals surface area contributed by atoms with Gasteiger partial charge in [-0.05, 0) is 24.0 Å². The minimum atomic E-state index is -4.40. The van der Waals surface area contributed by atoms with Crippen LogP contribution >= 0.6 is 0 Å². The van der Waals surface area contributed by atoms with Gasteiger partial charge in [0.15, 0.2) is 11.5 Å². The van der Waals surface area contributed by atoms with E-state index in [1.54, 1.807) is 0 Å². The van der Waals surface area contributed by atoms with E-state index in [-0.39, 0.29) is 6.04 Å². The first kappa shape index (κ1) is 22.4. The van der Waals surface area contributed by atoms with E-state index in [0.29, 0.717) is 35.6 Å². The smallest absolute Gasteiger partial charge is 0.335 e. The highest BCUT2D eigenvalue weighted by Crippen LogP contribution is 2.33. The molecule has 0 radical (unpaired) electrons. The summed E-state index contributed by atoms with van der Waals surface area (Å²) >= 11 is 0. The number of nitrogens with one attached hydrogen (secondary N) is 2. The third-order valence-electron chi connectivity index (χ3n) is 6.22. The molecule has 0 unspecified atom stereocenters. The average Bonchev–Trinajstić information content (AvgIpc) is 3.42. The van der Waals surface area contributed by atoms with Crippen molar-refractivity contribution in [3.05, 3.63) is 60.9 Å². The number of hydrogen-bond donors (Lipinski definition) is 4. The molecule has 2 heterocycles. The van der Waals surface area contributed by atoms with Crippen LogP contribution in [0.25, 0.3) is 33.7 Å². The number of aliphatic hydroxyl groups excluding tert-OH is 1. The number of fused-ring (bicyclic) bond motifs is 1. The topological polar surface area (TPSA) is 144 Å². The molecule has 2 aromatic carbocycles. The molecule has 0 aliphatic heterocycles. The number of H-pyrrole nitrogens is 1. The summed E-state index contributed by atoms with van der Waals surface area (Å²) in [7, 11) is -3.15. The van der Waals surface area contributed by atoms with Crippen molar-refractivity contribution in [1.82, 2.24) is 24.2 Å². The van der Waals surface area contributed by atoms with Crippen LogP contribution in [0.15, 0.2) is 60.9 Å². The Kier molecular flexibility index (Phi) is 5.78. The standard InChI is InChI=1S/C23H24N6O4S/c1-29(34(31,32)33)18-11-15(12-19(18)30)26-22-20-23(25-13-24-22)28-21(27-20)17-10-6-5-9-16(17)14-7-3-2-4-8-14/h2-10,13,15,18-19,30H,11-12H2,1H3,(H,31,32,33)(H2,24,25,26,27,28)/t15-,18+,19+/m1/s1. The summed E-state index contributed by atoms with van der Waals surface area (Å²) in [5.41, 5.74) is 4.11. The van der Waals surface area contributed by atoms with Crippen molar-refractivity contribution in [2.24, 2.45) is 0 Å². The number of benzene rings is 2. The Balaban J connectivity index is 1.45. The summed E-state index contributed by atoms with van der Waals surface area (Å²) in [5, 5.41) is 13.6. The van der Waals surface area contributed by atoms with Crippen LogP contribution in [0.3, 0.4) is 0 Å². The minimum absolute atomic E-state index is 0.259. The molecule has 5 rings (SSSR count). The summed E-state index contributed by atoms with van der Waals surface area (Å²) in [5.74, 6) is 1.15. The molecule has 0 amide bonds.